The Morgan fingerprint density at radius 1 is 1.33 bits per heavy atom. The van der Waals surface area contributed by atoms with Crippen molar-refractivity contribution in [3.8, 4) is 0 Å². The molecule has 0 aromatic carbocycles. The summed E-state index contributed by atoms with van der Waals surface area (Å²) in [6.45, 7) is 9.22. The molecule has 0 saturated heterocycles. The van der Waals surface area contributed by atoms with E-state index in [1.54, 1.807) is 12.2 Å². The Balaban J connectivity index is 2.55. The highest BCUT2D eigenvalue weighted by atomic mass is 19.1. The van der Waals surface area contributed by atoms with Crippen LogP contribution in [0.2, 0.25) is 0 Å². The molecule has 0 saturated carbocycles. The predicted molar refractivity (Wildman–Crippen MR) is 87.2 cm³/mol. The van der Waals surface area contributed by atoms with Gasteiger partial charge in [0.25, 0.3) is 0 Å². The summed E-state index contributed by atoms with van der Waals surface area (Å²) in [5.74, 6) is -0.280. The molecule has 1 rings (SSSR count). The van der Waals surface area contributed by atoms with Crippen molar-refractivity contribution in [1.82, 2.24) is 0 Å². The van der Waals surface area contributed by atoms with Crippen molar-refractivity contribution >= 4 is 0 Å². The molecular formula is C19H24F2. The minimum atomic E-state index is -0.232. The fourth-order valence-electron chi connectivity index (χ4n) is 2.15. The van der Waals surface area contributed by atoms with Gasteiger partial charge in [-0.05, 0) is 68.4 Å². The van der Waals surface area contributed by atoms with E-state index in [2.05, 4.69) is 6.58 Å². The van der Waals surface area contributed by atoms with Gasteiger partial charge in [0.15, 0.2) is 0 Å². The first-order chi connectivity index (χ1) is 9.88. The minimum Gasteiger partial charge on any atom is -0.212 e. The molecule has 2 heteroatoms. The van der Waals surface area contributed by atoms with E-state index in [9.17, 15) is 8.78 Å². The lowest BCUT2D eigenvalue weighted by molar-refractivity contribution is 0.637. The summed E-state index contributed by atoms with van der Waals surface area (Å²) in [7, 11) is 0. The first-order valence-electron chi connectivity index (χ1n) is 7.34. The second kappa shape index (κ2) is 8.56. The molecule has 0 aliphatic heterocycles. The maximum absolute atomic E-state index is 13.6. The molecule has 21 heavy (non-hydrogen) atoms. The van der Waals surface area contributed by atoms with Gasteiger partial charge in [0.1, 0.15) is 5.83 Å². The third-order valence-electron chi connectivity index (χ3n) is 3.25. The van der Waals surface area contributed by atoms with Gasteiger partial charge in [-0.2, -0.15) is 0 Å². The Morgan fingerprint density at radius 3 is 2.67 bits per heavy atom. The highest BCUT2D eigenvalue weighted by molar-refractivity contribution is 5.47. The molecule has 0 fully saturated rings. The quantitative estimate of drug-likeness (QED) is 0.284. The van der Waals surface area contributed by atoms with Crippen LogP contribution in [0.5, 0.6) is 0 Å². The molecule has 1 aliphatic carbocycles. The van der Waals surface area contributed by atoms with E-state index in [0.717, 1.165) is 29.6 Å². The molecule has 0 aromatic rings. The van der Waals surface area contributed by atoms with Crippen molar-refractivity contribution in [3.63, 3.8) is 0 Å². The molecule has 0 bridgehead atoms. The predicted octanol–water partition coefficient (Wildman–Crippen LogP) is 6.52. The van der Waals surface area contributed by atoms with Gasteiger partial charge in [-0.15, -0.1) is 6.58 Å². The van der Waals surface area contributed by atoms with Crippen LogP contribution in [0.15, 0.2) is 71.4 Å². The standard InChI is InChI=1S/C19H24F2/c1-14(2)7-5-6-8-19(21)10-9-17-11-15(3)18(13-17)12-16(4)20/h8-13,15H,1,5-7H2,2-4H3/b10-9-,16-12-,19-8-/t15-/m1/s1. The molecule has 1 aliphatic rings. The van der Waals surface area contributed by atoms with E-state index in [1.807, 2.05) is 26.0 Å². The molecule has 0 amide bonds. The summed E-state index contributed by atoms with van der Waals surface area (Å²) < 4.78 is 26.5. The Kier molecular flexibility index (Phi) is 7.07. The fourth-order valence-corrected chi connectivity index (χ4v) is 2.15. The number of unbranched alkanes of at least 4 members (excludes halogenated alkanes) is 1. The van der Waals surface area contributed by atoms with Crippen LogP contribution >= 0.6 is 0 Å². The lowest BCUT2D eigenvalue weighted by Gasteiger charge is -2.00. The number of halogens is 2. The normalized spacial score (nSPS) is 20.0. The van der Waals surface area contributed by atoms with Gasteiger partial charge in [0, 0.05) is 0 Å². The van der Waals surface area contributed by atoms with Crippen LogP contribution in [0.25, 0.3) is 0 Å². The lowest BCUT2D eigenvalue weighted by Crippen LogP contribution is -1.87. The number of rotatable bonds is 7. The molecule has 0 unspecified atom stereocenters. The molecule has 0 spiro atoms. The van der Waals surface area contributed by atoms with Crippen molar-refractivity contribution in [2.75, 3.05) is 0 Å². The molecular weight excluding hydrogens is 266 g/mol. The van der Waals surface area contributed by atoms with Crippen LogP contribution in [0, 0.1) is 5.92 Å². The van der Waals surface area contributed by atoms with Gasteiger partial charge in [-0.3, -0.25) is 0 Å². The van der Waals surface area contributed by atoms with Gasteiger partial charge < -0.3 is 0 Å². The molecule has 114 valence electrons. The van der Waals surface area contributed by atoms with E-state index in [4.69, 9.17) is 0 Å². The Morgan fingerprint density at radius 2 is 2.05 bits per heavy atom. The van der Waals surface area contributed by atoms with Gasteiger partial charge >= 0.3 is 0 Å². The molecule has 0 aromatic heterocycles. The average molecular weight is 290 g/mol. The van der Waals surface area contributed by atoms with Crippen LogP contribution in [0.4, 0.5) is 8.78 Å². The molecule has 0 N–H and O–H groups in total. The first kappa shape index (κ1) is 17.4. The molecule has 1 atom stereocenters. The molecule has 0 radical (unpaired) electrons. The van der Waals surface area contributed by atoms with Gasteiger partial charge in [-0.1, -0.05) is 30.7 Å². The largest absolute Gasteiger partial charge is 0.212 e. The Hall–Kier alpha value is -1.70. The summed E-state index contributed by atoms with van der Waals surface area (Å²) >= 11 is 0. The van der Waals surface area contributed by atoms with E-state index >= 15 is 0 Å². The maximum Gasteiger partial charge on any atom is 0.119 e. The second-order valence-electron chi connectivity index (χ2n) is 5.60. The lowest BCUT2D eigenvalue weighted by atomic mass is 10.1. The van der Waals surface area contributed by atoms with Crippen molar-refractivity contribution in [2.24, 2.45) is 5.92 Å². The summed E-state index contributed by atoms with van der Waals surface area (Å²) in [6.07, 6.45) is 12.8. The third-order valence-corrected chi connectivity index (χ3v) is 3.25. The van der Waals surface area contributed by atoms with Crippen molar-refractivity contribution in [1.29, 1.82) is 0 Å². The van der Waals surface area contributed by atoms with Crippen LogP contribution in [0.3, 0.4) is 0 Å². The van der Waals surface area contributed by atoms with Gasteiger partial charge in [-0.25, -0.2) is 8.78 Å². The molecule has 0 nitrogen and oxygen atoms in total. The van der Waals surface area contributed by atoms with E-state index < -0.39 is 0 Å². The first-order valence-corrected chi connectivity index (χ1v) is 7.34. The zero-order valence-electron chi connectivity index (χ0n) is 13.1. The van der Waals surface area contributed by atoms with Gasteiger partial charge in [0.05, 0.1) is 5.83 Å². The van der Waals surface area contributed by atoms with Gasteiger partial charge in [0.2, 0.25) is 0 Å². The van der Waals surface area contributed by atoms with Crippen molar-refractivity contribution in [2.45, 2.75) is 40.0 Å². The number of hydrogen-bond donors (Lipinski definition) is 0. The van der Waals surface area contributed by atoms with Crippen LogP contribution < -0.4 is 0 Å². The Labute approximate surface area is 126 Å². The van der Waals surface area contributed by atoms with E-state index in [0.29, 0.717) is 6.42 Å². The minimum absolute atomic E-state index is 0.165. The SMILES string of the molecule is C=C(C)CCC/C=C(F)/C=C\C1=C[C@@H](C)C(/C=C(/C)F)=C1. The highest BCUT2D eigenvalue weighted by Gasteiger charge is 2.11. The number of hydrogen-bond acceptors (Lipinski definition) is 0. The maximum atomic E-state index is 13.6. The highest BCUT2D eigenvalue weighted by Crippen LogP contribution is 2.27. The summed E-state index contributed by atoms with van der Waals surface area (Å²) in [4.78, 5) is 0. The summed E-state index contributed by atoms with van der Waals surface area (Å²) in [5.41, 5.74) is 2.96. The smallest absolute Gasteiger partial charge is 0.119 e. The van der Waals surface area contributed by atoms with Crippen molar-refractivity contribution < 1.29 is 8.78 Å². The van der Waals surface area contributed by atoms with Crippen LogP contribution in [-0.4, -0.2) is 0 Å². The monoisotopic (exact) mass is 290 g/mol. The van der Waals surface area contributed by atoms with Crippen molar-refractivity contribution in [3.05, 3.63) is 71.4 Å². The Bertz CT molecular complexity index is 524. The summed E-state index contributed by atoms with van der Waals surface area (Å²) in [6, 6.07) is 0. The van der Waals surface area contributed by atoms with Crippen LogP contribution in [-0.2, 0) is 0 Å². The average Bonchev–Trinajstić information content (AvgIpc) is 2.72. The van der Waals surface area contributed by atoms with E-state index in [1.165, 1.54) is 19.1 Å². The van der Waals surface area contributed by atoms with E-state index in [-0.39, 0.29) is 17.6 Å². The number of allylic oxidation sites excluding steroid dienone is 11. The zero-order chi connectivity index (χ0) is 15.8. The topological polar surface area (TPSA) is 0 Å². The van der Waals surface area contributed by atoms with Crippen LogP contribution in [0.1, 0.15) is 40.0 Å². The second-order valence-corrected chi connectivity index (χ2v) is 5.60. The molecule has 0 heterocycles. The zero-order valence-corrected chi connectivity index (χ0v) is 13.1. The summed E-state index contributed by atoms with van der Waals surface area (Å²) in [5, 5.41) is 0. The fraction of sp³-hybridized carbons (Fsp3) is 0.368. The third kappa shape index (κ3) is 7.03.